The van der Waals surface area contributed by atoms with Crippen LogP contribution in [0.3, 0.4) is 0 Å². The summed E-state index contributed by atoms with van der Waals surface area (Å²) in [6, 6.07) is 6.15. The van der Waals surface area contributed by atoms with E-state index >= 15 is 0 Å². The van der Waals surface area contributed by atoms with Crippen LogP contribution in [0.1, 0.15) is 19.8 Å². The Morgan fingerprint density at radius 1 is 1.14 bits per heavy atom. The summed E-state index contributed by atoms with van der Waals surface area (Å²) in [6.45, 7) is 6.77. The second-order valence-electron chi connectivity index (χ2n) is 6.78. The number of hydrogen-bond donors (Lipinski definition) is 1. The van der Waals surface area contributed by atoms with Crippen molar-refractivity contribution in [1.29, 1.82) is 0 Å². The molecule has 0 amide bonds. The van der Waals surface area contributed by atoms with Crippen molar-refractivity contribution in [2.24, 2.45) is 0 Å². The zero-order valence-corrected chi connectivity index (χ0v) is 17.2. The van der Waals surface area contributed by atoms with Crippen LogP contribution in [0.4, 0.5) is 11.8 Å². The van der Waals surface area contributed by atoms with Gasteiger partial charge < -0.3 is 15.4 Å². The van der Waals surface area contributed by atoms with Gasteiger partial charge in [0, 0.05) is 26.2 Å². The molecule has 0 aliphatic carbocycles. The van der Waals surface area contributed by atoms with Crippen LogP contribution >= 0.6 is 0 Å². The number of unbranched alkanes of at least 4 members (excludes halogenated alkanes) is 1. The van der Waals surface area contributed by atoms with Gasteiger partial charge in [-0.3, -0.25) is 4.90 Å². The summed E-state index contributed by atoms with van der Waals surface area (Å²) < 4.78 is 30.8. The van der Waals surface area contributed by atoms with Crippen LogP contribution in [-0.4, -0.2) is 63.1 Å². The molecule has 0 spiro atoms. The average Bonchev–Trinajstić information content (AvgIpc) is 2.72. The third-order valence-corrected chi connectivity index (χ3v) is 6.70. The van der Waals surface area contributed by atoms with Crippen molar-refractivity contribution >= 4 is 21.6 Å². The molecular formula is C19H27N5O3S. The Labute approximate surface area is 166 Å². The largest absolute Gasteiger partial charge is 0.497 e. The maximum absolute atomic E-state index is 12.9. The predicted octanol–water partition coefficient (Wildman–Crippen LogP) is 1.82. The number of hydrogen-bond acceptors (Lipinski definition) is 8. The number of nitrogens with two attached hydrogens (primary N) is 1. The molecule has 3 rings (SSSR count). The van der Waals surface area contributed by atoms with E-state index in [2.05, 4.69) is 21.8 Å². The van der Waals surface area contributed by atoms with E-state index in [4.69, 9.17) is 10.5 Å². The van der Waals surface area contributed by atoms with E-state index in [-0.39, 0.29) is 15.6 Å². The molecule has 0 saturated carbocycles. The fourth-order valence-corrected chi connectivity index (χ4v) is 4.43. The van der Waals surface area contributed by atoms with Gasteiger partial charge in [-0.25, -0.2) is 13.4 Å². The number of piperazine rings is 1. The molecule has 1 aliphatic heterocycles. The first-order valence-electron chi connectivity index (χ1n) is 9.44. The molecule has 1 aromatic carbocycles. The van der Waals surface area contributed by atoms with Crippen LogP contribution in [-0.2, 0) is 9.84 Å². The summed E-state index contributed by atoms with van der Waals surface area (Å²) >= 11 is 0. The molecule has 152 valence electrons. The minimum Gasteiger partial charge on any atom is -0.497 e. The Hall–Kier alpha value is -2.39. The second kappa shape index (κ2) is 8.74. The maximum atomic E-state index is 12.9. The number of aromatic nitrogens is 2. The van der Waals surface area contributed by atoms with E-state index in [0.717, 1.165) is 32.7 Å². The highest BCUT2D eigenvalue weighted by Gasteiger charge is 2.25. The van der Waals surface area contributed by atoms with E-state index in [0.29, 0.717) is 11.7 Å². The molecule has 1 saturated heterocycles. The zero-order chi connectivity index (χ0) is 20.1. The number of rotatable bonds is 7. The molecule has 28 heavy (non-hydrogen) atoms. The SMILES string of the molecule is CCCCN1CCN(c2ncc(S(=O)(=O)c3ccc(OC)cc3)c(N)n2)CC1. The van der Waals surface area contributed by atoms with Gasteiger partial charge in [0.05, 0.1) is 18.2 Å². The summed E-state index contributed by atoms with van der Waals surface area (Å²) in [5, 5.41) is 0. The Balaban J connectivity index is 1.75. The number of methoxy groups -OCH3 is 1. The average molecular weight is 406 g/mol. The number of nitrogens with zero attached hydrogens (tertiary/aromatic N) is 4. The molecule has 2 aromatic rings. The molecular weight excluding hydrogens is 378 g/mol. The summed E-state index contributed by atoms with van der Waals surface area (Å²) in [7, 11) is -2.27. The number of benzene rings is 1. The van der Waals surface area contributed by atoms with E-state index in [1.807, 2.05) is 4.90 Å². The minimum atomic E-state index is -3.79. The Kier molecular flexibility index (Phi) is 6.35. The lowest BCUT2D eigenvalue weighted by atomic mass is 10.2. The second-order valence-corrected chi connectivity index (χ2v) is 8.70. The number of ether oxygens (including phenoxy) is 1. The first kappa shape index (κ1) is 20.3. The zero-order valence-electron chi connectivity index (χ0n) is 16.3. The van der Waals surface area contributed by atoms with Gasteiger partial charge in [-0.2, -0.15) is 4.98 Å². The fraction of sp³-hybridized carbons (Fsp3) is 0.474. The molecule has 1 aromatic heterocycles. The van der Waals surface area contributed by atoms with Crippen molar-refractivity contribution in [1.82, 2.24) is 14.9 Å². The molecule has 0 atom stereocenters. The van der Waals surface area contributed by atoms with Gasteiger partial charge in [-0.1, -0.05) is 13.3 Å². The number of sulfone groups is 1. The molecule has 0 radical (unpaired) electrons. The summed E-state index contributed by atoms with van der Waals surface area (Å²) in [5.74, 6) is 1.02. The number of anilines is 2. The first-order chi connectivity index (χ1) is 13.5. The van der Waals surface area contributed by atoms with E-state index in [1.165, 1.54) is 38.3 Å². The monoisotopic (exact) mass is 405 g/mol. The molecule has 0 unspecified atom stereocenters. The van der Waals surface area contributed by atoms with Gasteiger partial charge in [-0.15, -0.1) is 0 Å². The van der Waals surface area contributed by atoms with Crippen LogP contribution in [0.5, 0.6) is 5.75 Å². The van der Waals surface area contributed by atoms with Crippen LogP contribution in [0.25, 0.3) is 0 Å². The van der Waals surface area contributed by atoms with E-state index < -0.39 is 9.84 Å². The van der Waals surface area contributed by atoms with Crippen molar-refractivity contribution in [3.05, 3.63) is 30.5 Å². The van der Waals surface area contributed by atoms with Crippen molar-refractivity contribution in [3.63, 3.8) is 0 Å². The molecule has 2 heterocycles. The molecule has 1 fully saturated rings. The standard InChI is InChI=1S/C19H27N5O3S/c1-3-4-9-23-10-12-24(13-11-23)19-21-14-17(18(20)22-19)28(25,26)16-7-5-15(27-2)6-8-16/h5-8,14H,3-4,9-13H2,1-2H3,(H2,20,21,22). The minimum absolute atomic E-state index is 0.0331. The van der Waals surface area contributed by atoms with Crippen LogP contribution in [0.15, 0.2) is 40.3 Å². The van der Waals surface area contributed by atoms with Gasteiger partial charge in [-0.05, 0) is 37.2 Å². The summed E-state index contributed by atoms with van der Waals surface area (Å²) in [6.07, 6.45) is 3.69. The fourth-order valence-electron chi connectivity index (χ4n) is 3.17. The summed E-state index contributed by atoms with van der Waals surface area (Å²) in [5.41, 5.74) is 6.01. The highest BCUT2D eigenvalue weighted by molar-refractivity contribution is 7.91. The molecule has 2 N–H and O–H groups in total. The van der Waals surface area contributed by atoms with Gasteiger partial charge in [0.25, 0.3) is 0 Å². The normalized spacial score (nSPS) is 15.6. The lowest BCUT2D eigenvalue weighted by molar-refractivity contribution is 0.253. The Morgan fingerprint density at radius 2 is 1.82 bits per heavy atom. The number of nitrogen functional groups attached to an aromatic ring is 1. The van der Waals surface area contributed by atoms with E-state index in [9.17, 15) is 8.42 Å². The highest BCUT2D eigenvalue weighted by atomic mass is 32.2. The molecule has 8 nitrogen and oxygen atoms in total. The van der Waals surface area contributed by atoms with Gasteiger partial charge in [0.1, 0.15) is 16.5 Å². The smallest absolute Gasteiger partial charge is 0.227 e. The molecule has 1 aliphatic rings. The van der Waals surface area contributed by atoms with Crippen molar-refractivity contribution in [2.75, 3.05) is 50.5 Å². The molecule has 9 heteroatoms. The van der Waals surface area contributed by atoms with Crippen molar-refractivity contribution < 1.29 is 13.2 Å². The van der Waals surface area contributed by atoms with Crippen LogP contribution in [0, 0.1) is 0 Å². The first-order valence-corrected chi connectivity index (χ1v) is 10.9. The molecule has 0 bridgehead atoms. The van der Waals surface area contributed by atoms with Crippen molar-refractivity contribution in [2.45, 2.75) is 29.6 Å². The third-order valence-electron chi connectivity index (χ3n) is 4.91. The Bertz CT molecular complexity index is 894. The van der Waals surface area contributed by atoms with Crippen molar-refractivity contribution in [3.8, 4) is 5.75 Å². The van der Waals surface area contributed by atoms with Gasteiger partial charge in [0.2, 0.25) is 15.8 Å². The van der Waals surface area contributed by atoms with E-state index in [1.54, 1.807) is 12.1 Å². The predicted molar refractivity (Wildman–Crippen MR) is 108 cm³/mol. The van der Waals surface area contributed by atoms with Crippen LogP contribution < -0.4 is 15.4 Å². The van der Waals surface area contributed by atoms with Gasteiger partial charge in [0.15, 0.2) is 0 Å². The van der Waals surface area contributed by atoms with Gasteiger partial charge >= 0.3 is 0 Å². The maximum Gasteiger partial charge on any atom is 0.227 e. The lowest BCUT2D eigenvalue weighted by Gasteiger charge is -2.34. The quantitative estimate of drug-likeness (QED) is 0.744. The Morgan fingerprint density at radius 3 is 2.39 bits per heavy atom. The third kappa shape index (κ3) is 4.36. The topological polar surface area (TPSA) is 102 Å². The van der Waals surface area contributed by atoms with Crippen LogP contribution in [0.2, 0.25) is 0 Å². The highest BCUT2D eigenvalue weighted by Crippen LogP contribution is 2.27. The summed E-state index contributed by atoms with van der Waals surface area (Å²) in [4.78, 5) is 13.1. The lowest BCUT2D eigenvalue weighted by Crippen LogP contribution is -2.47.